The SMILES string of the molecule is C/C=C/C1CCC(CC(F)(F)OCC2CCC(C3CCC(CCC)CC3)CC2)CC1. The molecule has 1 nitrogen and oxygen atoms in total. The number of halogens is 2. The number of rotatable bonds is 9. The van der Waals surface area contributed by atoms with E-state index in [0.717, 1.165) is 56.3 Å². The Bertz CT molecular complexity index is 493. The quantitative estimate of drug-likeness (QED) is 0.336. The summed E-state index contributed by atoms with van der Waals surface area (Å²) in [5.41, 5.74) is 0. The van der Waals surface area contributed by atoms with Crippen LogP contribution in [0.1, 0.15) is 110 Å². The van der Waals surface area contributed by atoms with Crippen LogP contribution in [0.25, 0.3) is 0 Å². The maximum absolute atomic E-state index is 14.4. The van der Waals surface area contributed by atoms with Crippen molar-refractivity contribution in [3.8, 4) is 0 Å². The molecule has 3 rings (SSSR count). The first-order chi connectivity index (χ1) is 14.5. The molecule has 30 heavy (non-hydrogen) atoms. The lowest BCUT2D eigenvalue weighted by atomic mass is 9.69. The Kier molecular flexibility index (Phi) is 9.66. The first kappa shape index (κ1) is 24.2. The second-order valence-corrected chi connectivity index (χ2v) is 10.8. The van der Waals surface area contributed by atoms with Gasteiger partial charge in [-0.2, -0.15) is 8.78 Å². The molecule has 0 aromatic rings. The maximum atomic E-state index is 14.4. The van der Waals surface area contributed by atoms with Crippen LogP contribution in [0.15, 0.2) is 12.2 Å². The van der Waals surface area contributed by atoms with Gasteiger partial charge in [-0.05, 0) is 107 Å². The second kappa shape index (κ2) is 12.0. The van der Waals surface area contributed by atoms with E-state index < -0.39 is 6.11 Å². The highest BCUT2D eigenvalue weighted by Crippen LogP contribution is 2.43. The maximum Gasteiger partial charge on any atom is 0.356 e. The van der Waals surface area contributed by atoms with Gasteiger partial charge in [-0.15, -0.1) is 0 Å². The highest BCUT2D eigenvalue weighted by atomic mass is 19.3. The molecule has 0 unspecified atom stereocenters. The van der Waals surface area contributed by atoms with E-state index in [4.69, 9.17) is 4.74 Å². The molecule has 3 saturated carbocycles. The Morgan fingerprint density at radius 1 is 0.767 bits per heavy atom. The minimum absolute atomic E-state index is 0.0775. The molecule has 0 spiro atoms. The summed E-state index contributed by atoms with van der Waals surface area (Å²) in [7, 11) is 0. The van der Waals surface area contributed by atoms with Gasteiger partial charge in [-0.1, -0.05) is 44.8 Å². The number of allylic oxidation sites excluding steroid dienone is 2. The van der Waals surface area contributed by atoms with E-state index in [1.165, 1.54) is 51.4 Å². The fourth-order valence-electron chi connectivity index (χ4n) is 6.67. The van der Waals surface area contributed by atoms with Crippen LogP contribution >= 0.6 is 0 Å². The highest BCUT2D eigenvalue weighted by Gasteiger charge is 2.37. The molecule has 3 heteroatoms. The van der Waals surface area contributed by atoms with Gasteiger partial charge in [-0.25, -0.2) is 0 Å². The van der Waals surface area contributed by atoms with Gasteiger partial charge in [0.25, 0.3) is 0 Å². The van der Waals surface area contributed by atoms with Gasteiger partial charge in [0.2, 0.25) is 0 Å². The van der Waals surface area contributed by atoms with Crippen molar-refractivity contribution >= 4 is 0 Å². The molecular formula is C27H46F2O. The molecule has 0 aliphatic heterocycles. The Morgan fingerprint density at radius 2 is 1.30 bits per heavy atom. The normalized spacial score (nSPS) is 36.3. The van der Waals surface area contributed by atoms with E-state index >= 15 is 0 Å². The molecule has 3 aliphatic carbocycles. The first-order valence-electron chi connectivity index (χ1n) is 13.1. The monoisotopic (exact) mass is 424 g/mol. The zero-order valence-corrected chi connectivity index (χ0v) is 19.6. The molecule has 0 aromatic heterocycles. The minimum Gasteiger partial charge on any atom is -0.320 e. The summed E-state index contributed by atoms with van der Waals surface area (Å²) >= 11 is 0. The summed E-state index contributed by atoms with van der Waals surface area (Å²) < 4.78 is 34.1. The lowest BCUT2D eigenvalue weighted by molar-refractivity contribution is -0.256. The van der Waals surface area contributed by atoms with Crippen LogP contribution in [0.2, 0.25) is 0 Å². The third-order valence-corrected chi connectivity index (χ3v) is 8.56. The van der Waals surface area contributed by atoms with Crippen molar-refractivity contribution in [2.75, 3.05) is 6.61 Å². The summed E-state index contributed by atoms with van der Waals surface area (Å²) in [4.78, 5) is 0. The average molecular weight is 425 g/mol. The van der Waals surface area contributed by atoms with E-state index in [-0.39, 0.29) is 18.9 Å². The van der Waals surface area contributed by atoms with Gasteiger partial charge >= 0.3 is 6.11 Å². The van der Waals surface area contributed by atoms with Crippen LogP contribution in [0, 0.1) is 35.5 Å². The lowest BCUT2D eigenvalue weighted by Gasteiger charge is -2.38. The summed E-state index contributed by atoms with van der Waals surface area (Å²) in [6, 6.07) is 0. The number of alkyl halides is 2. The van der Waals surface area contributed by atoms with Gasteiger partial charge < -0.3 is 4.74 Å². The number of ether oxygens (including phenoxy) is 1. The van der Waals surface area contributed by atoms with E-state index in [2.05, 4.69) is 19.1 Å². The molecular weight excluding hydrogens is 378 g/mol. The predicted octanol–water partition coefficient (Wildman–Crippen LogP) is 8.78. The summed E-state index contributed by atoms with van der Waals surface area (Å²) in [5, 5.41) is 0. The Labute approximate surface area is 184 Å². The van der Waals surface area contributed by atoms with Crippen molar-refractivity contribution in [1.29, 1.82) is 0 Å². The van der Waals surface area contributed by atoms with Crippen molar-refractivity contribution in [3.63, 3.8) is 0 Å². The van der Waals surface area contributed by atoms with Gasteiger partial charge in [0.1, 0.15) is 0 Å². The van der Waals surface area contributed by atoms with Crippen LogP contribution in [-0.2, 0) is 4.74 Å². The van der Waals surface area contributed by atoms with Crippen LogP contribution in [0.5, 0.6) is 0 Å². The van der Waals surface area contributed by atoms with E-state index in [0.29, 0.717) is 11.8 Å². The molecule has 0 bridgehead atoms. The zero-order valence-electron chi connectivity index (χ0n) is 19.6. The third-order valence-electron chi connectivity index (χ3n) is 8.56. The Balaban J connectivity index is 1.31. The third kappa shape index (κ3) is 7.61. The summed E-state index contributed by atoms with van der Waals surface area (Å²) in [5.74, 6) is 3.78. The molecule has 0 saturated heterocycles. The predicted molar refractivity (Wildman–Crippen MR) is 122 cm³/mol. The van der Waals surface area contributed by atoms with Crippen LogP contribution in [0.3, 0.4) is 0 Å². The summed E-state index contributed by atoms with van der Waals surface area (Å²) in [6.07, 6.45) is 18.3. The number of hydrogen-bond donors (Lipinski definition) is 0. The van der Waals surface area contributed by atoms with Gasteiger partial charge in [0.15, 0.2) is 0 Å². The first-order valence-corrected chi connectivity index (χ1v) is 13.1. The van der Waals surface area contributed by atoms with Crippen LogP contribution in [0.4, 0.5) is 8.78 Å². The second-order valence-electron chi connectivity index (χ2n) is 10.8. The van der Waals surface area contributed by atoms with Crippen molar-refractivity contribution in [2.24, 2.45) is 35.5 Å². The molecule has 0 atom stereocenters. The summed E-state index contributed by atoms with van der Waals surface area (Å²) in [6.45, 7) is 4.60. The zero-order chi connectivity index (χ0) is 21.4. The van der Waals surface area contributed by atoms with Gasteiger partial charge in [0.05, 0.1) is 6.61 Å². The topological polar surface area (TPSA) is 9.23 Å². The molecule has 0 N–H and O–H groups in total. The Morgan fingerprint density at radius 3 is 1.83 bits per heavy atom. The van der Waals surface area contributed by atoms with Crippen LogP contribution in [-0.4, -0.2) is 12.7 Å². The Hall–Kier alpha value is -0.440. The lowest BCUT2D eigenvalue weighted by Crippen LogP contribution is -2.31. The molecule has 3 fully saturated rings. The minimum atomic E-state index is -2.94. The largest absolute Gasteiger partial charge is 0.356 e. The van der Waals surface area contributed by atoms with Crippen molar-refractivity contribution in [1.82, 2.24) is 0 Å². The molecule has 0 amide bonds. The smallest absolute Gasteiger partial charge is 0.320 e. The van der Waals surface area contributed by atoms with Gasteiger partial charge in [-0.3, -0.25) is 0 Å². The van der Waals surface area contributed by atoms with E-state index in [1.807, 2.05) is 6.92 Å². The van der Waals surface area contributed by atoms with E-state index in [1.54, 1.807) is 0 Å². The molecule has 0 radical (unpaired) electrons. The van der Waals surface area contributed by atoms with Crippen molar-refractivity contribution < 1.29 is 13.5 Å². The standard InChI is InChI=1S/C27H46F2O/c1-3-5-21-7-9-23(10-8-21)19-27(28,29)30-20-24-13-17-26(18-14-24)25-15-11-22(6-4-2)12-16-25/h3,5,21-26H,4,6-20H2,1-2H3/b5-3+. The molecule has 3 aliphatic rings. The van der Waals surface area contributed by atoms with Crippen molar-refractivity contribution in [3.05, 3.63) is 12.2 Å². The fraction of sp³-hybridized carbons (Fsp3) is 0.926. The fourth-order valence-corrected chi connectivity index (χ4v) is 6.67. The van der Waals surface area contributed by atoms with Crippen molar-refractivity contribution in [2.45, 2.75) is 116 Å². The highest BCUT2D eigenvalue weighted by molar-refractivity contribution is 4.89. The molecule has 0 aromatic carbocycles. The van der Waals surface area contributed by atoms with Gasteiger partial charge in [0, 0.05) is 6.42 Å². The van der Waals surface area contributed by atoms with Crippen LogP contribution < -0.4 is 0 Å². The van der Waals surface area contributed by atoms with E-state index in [9.17, 15) is 8.78 Å². The molecule has 0 heterocycles. The average Bonchev–Trinajstić information content (AvgIpc) is 2.75. The number of hydrogen-bond acceptors (Lipinski definition) is 1. The molecule has 174 valence electrons.